The van der Waals surface area contributed by atoms with Gasteiger partial charge < -0.3 is 12.9 Å². The molecule has 0 aromatic carbocycles. The molecule has 1 rings (SSSR count). The van der Waals surface area contributed by atoms with Gasteiger partial charge in [0.1, 0.15) is 5.15 Å². The van der Waals surface area contributed by atoms with Crippen LogP contribution in [0.5, 0.6) is 0 Å². The van der Waals surface area contributed by atoms with Crippen LogP contribution in [0.1, 0.15) is 5.56 Å². The molecule has 0 atom stereocenters. The number of pyridine rings is 1. The number of aromatic nitrogens is 1. The molecule has 0 saturated carbocycles. The summed E-state index contributed by atoms with van der Waals surface area (Å²) in [6.45, 7) is -5.60. The molecule has 1 aromatic heterocycles. The van der Waals surface area contributed by atoms with Gasteiger partial charge in [-0.1, -0.05) is 23.1 Å². The van der Waals surface area contributed by atoms with Crippen molar-refractivity contribution < 1.29 is 26.1 Å². The minimum atomic E-state index is -5.60. The summed E-state index contributed by atoms with van der Waals surface area (Å²) in [5, 5.41) is -0.976. The molecule has 1 heterocycles. The van der Waals surface area contributed by atoms with Gasteiger partial charge in [-0.15, -0.1) is 0 Å². The summed E-state index contributed by atoms with van der Waals surface area (Å²) in [7, 11) is 0. The van der Waals surface area contributed by atoms with Crippen LogP contribution in [0.3, 0.4) is 0 Å². The van der Waals surface area contributed by atoms with Gasteiger partial charge in [0.15, 0.2) is 0 Å². The standard InChI is InChI=1S/C6H2BClF6N/c8-5-4(7(12,13)14)1-3(2-15-5)6(9,10)11/h1-2H/q-1. The second-order valence-corrected chi connectivity index (χ2v) is 3.03. The second-order valence-electron chi connectivity index (χ2n) is 2.68. The van der Waals surface area contributed by atoms with Crippen LogP contribution in [-0.4, -0.2) is 12.0 Å². The third-order valence-electron chi connectivity index (χ3n) is 1.55. The van der Waals surface area contributed by atoms with Crippen LogP contribution in [0.25, 0.3) is 0 Å². The van der Waals surface area contributed by atoms with Crippen LogP contribution in [0.2, 0.25) is 5.15 Å². The average Bonchev–Trinajstić information content (AvgIpc) is 2.00. The first-order valence-electron chi connectivity index (χ1n) is 3.55. The fourth-order valence-corrected chi connectivity index (χ4v) is 1.08. The van der Waals surface area contributed by atoms with Crippen LogP contribution in [0.4, 0.5) is 26.1 Å². The zero-order chi connectivity index (χ0) is 11.9. The number of rotatable bonds is 1. The SMILES string of the molecule is F[B-](F)(F)c1cc(C(F)(F)F)cnc1Cl. The van der Waals surface area contributed by atoms with Gasteiger partial charge in [0.2, 0.25) is 0 Å². The van der Waals surface area contributed by atoms with Gasteiger partial charge >= 0.3 is 13.2 Å². The van der Waals surface area contributed by atoms with Crippen molar-refractivity contribution in [2.75, 3.05) is 0 Å². The van der Waals surface area contributed by atoms with Gasteiger partial charge in [-0.3, -0.25) is 0 Å². The Morgan fingerprint density at radius 3 is 2.13 bits per heavy atom. The lowest BCUT2D eigenvalue weighted by Gasteiger charge is -2.17. The quantitative estimate of drug-likeness (QED) is 0.423. The van der Waals surface area contributed by atoms with Gasteiger partial charge in [-0.05, 0) is 0 Å². The number of alkyl halides is 3. The smallest absolute Gasteiger partial charge is 0.445 e. The molecule has 9 heteroatoms. The van der Waals surface area contributed by atoms with E-state index >= 15 is 0 Å². The Hall–Kier alpha value is -0.915. The van der Waals surface area contributed by atoms with Crippen molar-refractivity contribution >= 4 is 24.0 Å². The Bertz CT molecular complexity index is 373. The van der Waals surface area contributed by atoms with Gasteiger partial charge in [0, 0.05) is 6.20 Å². The van der Waals surface area contributed by atoms with Crippen LogP contribution in [0, 0.1) is 0 Å². The minimum Gasteiger partial charge on any atom is -0.445 e. The third kappa shape index (κ3) is 2.77. The summed E-state index contributed by atoms with van der Waals surface area (Å²) >= 11 is 5.05. The minimum absolute atomic E-state index is 0.0463. The van der Waals surface area contributed by atoms with Crippen molar-refractivity contribution in [2.45, 2.75) is 6.18 Å². The first-order chi connectivity index (χ1) is 6.62. The second kappa shape index (κ2) is 3.59. The summed E-state index contributed by atoms with van der Waals surface area (Å²) in [6, 6.07) is -0.0463. The number of hydrogen-bond donors (Lipinski definition) is 0. The zero-order valence-electron chi connectivity index (χ0n) is 6.83. The van der Waals surface area contributed by atoms with E-state index in [-0.39, 0.29) is 12.3 Å². The van der Waals surface area contributed by atoms with E-state index in [1.54, 1.807) is 0 Å². The van der Waals surface area contributed by atoms with E-state index in [9.17, 15) is 26.1 Å². The van der Waals surface area contributed by atoms with Crippen LogP contribution in [0.15, 0.2) is 12.3 Å². The van der Waals surface area contributed by atoms with Crippen LogP contribution >= 0.6 is 11.6 Å². The maximum Gasteiger partial charge on any atom is 0.512 e. The van der Waals surface area contributed by atoms with E-state index in [0.717, 1.165) is 0 Å². The van der Waals surface area contributed by atoms with Crippen molar-refractivity contribution in [1.29, 1.82) is 0 Å². The van der Waals surface area contributed by atoms with Gasteiger partial charge in [0.05, 0.1) is 5.56 Å². The third-order valence-corrected chi connectivity index (χ3v) is 1.86. The summed E-state index contributed by atoms with van der Waals surface area (Å²) in [5.74, 6) is 0. The van der Waals surface area contributed by atoms with Crippen LogP contribution in [-0.2, 0) is 6.18 Å². The van der Waals surface area contributed by atoms with Crippen molar-refractivity contribution in [3.05, 3.63) is 23.0 Å². The molecule has 0 radical (unpaired) electrons. The molecule has 0 unspecified atom stereocenters. The molecular weight excluding hydrogens is 246 g/mol. The Morgan fingerprint density at radius 1 is 1.20 bits per heavy atom. The highest BCUT2D eigenvalue weighted by Gasteiger charge is 2.35. The molecule has 0 aliphatic carbocycles. The molecule has 1 aromatic rings. The lowest BCUT2D eigenvalue weighted by molar-refractivity contribution is -0.137. The molecular formula is C6H2BClF6N-. The summed E-state index contributed by atoms with van der Waals surface area (Å²) < 4.78 is 72.7. The molecule has 1 nitrogen and oxygen atoms in total. The fourth-order valence-electron chi connectivity index (χ4n) is 0.850. The number of nitrogens with zero attached hydrogens (tertiary/aromatic N) is 1. The van der Waals surface area contributed by atoms with Gasteiger partial charge in [0.25, 0.3) is 0 Å². The predicted octanol–water partition coefficient (Wildman–Crippen LogP) is 2.81. The monoisotopic (exact) mass is 248 g/mol. The molecule has 0 fully saturated rings. The molecule has 0 aliphatic rings. The molecule has 0 spiro atoms. The normalized spacial score (nSPS) is 13.0. The molecule has 0 N–H and O–H groups in total. The summed E-state index contributed by atoms with van der Waals surface area (Å²) in [6.07, 6.45) is -4.61. The zero-order valence-corrected chi connectivity index (χ0v) is 7.58. The first kappa shape index (κ1) is 12.2. The predicted molar refractivity (Wildman–Crippen MR) is 43.0 cm³/mol. The summed E-state index contributed by atoms with van der Waals surface area (Å²) in [4.78, 5) is 2.85. The molecule has 0 amide bonds. The van der Waals surface area contributed by atoms with E-state index in [4.69, 9.17) is 11.6 Å². The molecule has 84 valence electrons. The van der Waals surface area contributed by atoms with Gasteiger partial charge in [-0.2, -0.15) is 13.2 Å². The van der Waals surface area contributed by atoms with Crippen molar-refractivity contribution in [2.24, 2.45) is 0 Å². The molecule has 0 bridgehead atoms. The van der Waals surface area contributed by atoms with Gasteiger partial charge in [-0.25, -0.2) is 4.98 Å². The highest BCUT2D eigenvalue weighted by Crippen LogP contribution is 2.29. The Kier molecular flexibility index (Phi) is 2.91. The number of hydrogen-bond acceptors (Lipinski definition) is 1. The topological polar surface area (TPSA) is 12.9 Å². The van der Waals surface area contributed by atoms with Crippen molar-refractivity contribution in [1.82, 2.24) is 4.98 Å². The summed E-state index contributed by atoms with van der Waals surface area (Å²) in [5.41, 5.74) is -3.01. The highest BCUT2D eigenvalue weighted by atomic mass is 35.5. The Morgan fingerprint density at radius 2 is 1.73 bits per heavy atom. The van der Waals surface area contributed by atoms with E-state index in [2.05, 4.69) is 4.98 Å². The highest BCUT2D eigenvalue weighted by molar-refractivity contribution is 6.75. The van der Waals surface area contributed by atoms with E-state index in [0.29, 0.717) is 0 Å². The largest absolute Gasteiger partial charge is 0.512 e. The lowest BCUT2D eigenvalue weighted by atomic mass is 9.81. The van der Waals surface area contributed by atoms with Crippen LogP contribution < -0.4 is 5.46 Å². The molecule has 0 saturated heterocycles. The maximum absolute atomic E-state index is 12.2. The first-order valence-corrected chi connectivity index (χ1v) is 3.93. The van der Waals surface area contributed by atoms with E-state index in [1.807, 2.05) is 0 Å². The Balaban J connectivity index is 3.30. The van der Waals surface area contributed by atoms with E-state index in [1.165, 1.54) is 0 Å². The van der Waals surface area contributed by atoms with Crippen molar-refractivity contribution in [3.8, 4) is 0 Å². The Labute approximate surface area is 85.1 Å². The van der Waals surface area contributed by atoms with E-state index < -0.39 is 29.3 Å². The average molecular weight is 248 g/mol. The van der Waals surface area contributed by atoms with Crippen molar-refractivity contribution in [3.63, 3.8) is 0 Å². The fraction of sp³-hybridized carbons (Fsp3) is 0.167. The lowest BCUT2D eigenvalue weighted by Crippen LogP contribution is -2.36. The maximum atomic E-state index is 12.2. The molecule has 15 heavy (non-hydrogen) atoms. The number of halogens is 7. The molecule has 0 aliphatic heterocycles.